The first-order valence-electron chi connectivity index (χ1n) is 10.9. The summed E-state index contributed by atoms with van der Waals surface area (Å²) < 4.78 is 0. The maximum absolute atomic E-state index is 12.9. The molecule has 0 aromatic heterocycles. The highest BCUT2D eigenvalue weighted by Crippen LogP contribution is 2.29. The first-order chi connectivity index (χ1) is 14.3. The van der Waals surface area contributed by atoms with Crippen molar-refractivity contribution in [3.63, 3.8) is 0 Å². The van der Waals surface area contributed by atoms with Crippen LogP contribution in [-0.2, 0) is 14.4 Å². The Kier molecular flexibility index (Phi) is 7.52. The average molecular weight is 424 g/mol. The van der Waals surface area contributed by atoms with Gasteiger partial charge in [-0.25, -0.2) is 4.79 Å². The molecule has 4 atom stereocenters. The standard InChI is InChI=1S/C20H32N4O6/c25-16(19(28)22-13-5-6-13)14(10-12-7-8-21-17(12)26)23-18(27)15(24-20(29)30)9-11-3-1-2-4-11/h11-16,24-25H,1-10H2,(H,21,26)(H,22,28)(H,23,27)(H,29,30)/t12-,14-,15-,16?/m0/s1. The largest absolute Gasteiger partial charge is 0.465 e. The highest BCUT2D eigenvalue weighted by molar-refractivity contribution is 5.88. The van der Waals surface area contributed by atoms with E-state index in [0.717, 1.165) is 38.5 Å². The van der Waals surface area contributed by atoms with E-state index in [1.165, 1.54) is 0 Å². The highest BCUT2D eigenvalue weighted by Gasteiger charge is 2.37. The van der Waals surface area contributed by atoms with E-state index in [1.54, 1.807) is 0 Å². The molecule has 3 aliphatic rings. The van der Waals surface area contributed by atoms with Crippen LogP contribution in [0.25, 0.3) is 0 Å². The summed E-state index contributed by atoms with van der Waals surface area (Å²) in [4.78, 5) is 48.5. The molecule has 0 radical (unpaired) electrons. The molecule has 30 heavy (non-hydrogen) atoms. The van der Waals surface area contributed by atoms with Gasteiger partial charge in [0.1, 0.15) is 6.04 Å². The number of hydrogen-bond donors (Lipinski definition) is 6. The zero-order valence-corrected chi connectivity index (χ0v) is 17.1. The van der Waals surface area contributed by atoms with Gasteiger partial charge in [0.2, 0.25) is 11.8 Å². The van der Waals surface area contributed by atoms with E-state index < -0.39 is 42.0 Å². The third-order valence-corrected chi connectivity index (χ3v) is 6.26. The van der Waals surface area contributed by atoms with Gasteiger partial charge in [-0.2, -0.15) is 0 Å². The molecule has 1 unspecified atom stereocenters. The van der Waals surface area contributed by atoms with Crippen molar-refractivity contribution in [1.82, 2.24) is 21.3 Å². The highest BCUT2D eigenvalue weighted by atomic mass is 16.4. The summed E-state index contributed by atoms with van der Waals surface area (Å²) in [6.07, 6.45) is 3.95. The molecule has 0 aromatic carbocycles. The van der Waals surface area contributed by atoms with Crippen LogP contribution in [0.5, 0.6) is 0 Å². The molecular weight excluding hydrogens is 392 g/mol. The van der Waals surface area contributed by atoms with Crippen LogP contribution in [0.1, 0.15) is 57.8 Å². The molecular formula is C20H32N4O6. The van der Waals surface area contributed by atoms with Crippen LogP contribution in [0.15, 0.2) is 0 Å². The number of nitrogens with one attached hydrogen (secondary N) is 4. The Morgan fingerprint density at radius 1 is 1.00 bits per heavy atom. The maximum Gasteiger partial charge on any atom is 0.405 e. The molecule has 10 heteroatoms. The van der Waals surface area contributed by atoms with E-state index in [-0.39, 0.29) is 24.3 Å². The van der Waals surface area contributed by atoms with Crippen molar-refractivity contribution >= 4 is 23.8 Å². The minimum Gasteiger partial charge on any atom is -0.465 e. The van der Waals surface area contributed by atoms with Gasteiger partial charge in [0, 0.05) is 18.5 Å². The molecule has 3 fully saturated rings. The fourth-order valence-corrected chi connectivity index (χ4v) is 4.38. The van der Waals surface area contributed by atoms with Gasteiger partial charge in [0.15, 0.2) is 6.10 Å². The molecule has 168 valence electrons. The molecule has 1 aliphatic heterocycles. The molecule has 0 spiro atoms. The van der Waals surface area contributed by atoms with Gasteiger partial charge in [0.25, 0.3) is 5.91 Å². The van der Waals surface area contributed by atoms with E-state index in [2.05, 4.69) is 21.3 Å². The van der Waals surface area contributed by atoms with Gasteiger partial charge in [-0.1, -0.05) is 25.7 Å². The average Bonchev–Trinajstić information content (AvgIpc) is 3.18. The maximum atomic E-state index is 12.9. The van der Waals surface area contributed by atoms with Crippen LogP contribution >= 0.6 is 0 Å². The van der Waals surface area contributed by atoms with E-state index in [4.69, 9.17) is 5.11 Å². The van der Waals surface area contributed by atoms with Crippen LogP contribution in [-0.4, -0.2) is 64.8 Å². The van der Waals surface area contributed by atoms with Gasteiger partial charge in [-0.3, -0.25) is 14.4 Å². The monoisotopic (exact) mass is 424 g/mol. The van der Waals surface area contributed by atoms with Gasteiger partial charge < -0.3 is 31.5 Å². The quantitative estimate of drug-likeness (QED) is 0.286. The van der Waals surface area contributed by atoms with E-state index in [1.807, 2.05) is 0 Å². The summed E-state index contributed by atoms with van der Waals surface area (Å²) in [5.41, 5.74) is 0. The van der Waals surface area contributed by atoms with Crippen molar-refractivity contribution in [1.29, 1.82) is 0 Å². The lowest BCUT2D eigenvalue weighted by molar-refractivity contribution is -0.134. The number of carbonyl (C=O) groups excluding carboxylic acids is 3. The van der Waals surface area contributed by atoms with Crippen LogP contribution in [0.2, 0.25) is 0 Å². The second kappa shape index (κ2) is 10.1. The SMILES string of the molecule is O=C(O)N[C@@H](CC1CCCC1)C(=O)N[C@@H](C[C@@H]1CCNC1=O)C(O)C(=O)NC1CC1. The summed E-state index contributed by atoms with van der Waals surface area (Å²) in [6.45, 7) is 0.513. The topological polar surface area (TPSA) is 157 Å². The van der Waals surface area contributed by atoms with Crippen LogP contribution < -0.4 is 21.3 Å². The Labute approximate surface area is 175 Å². The molecule has 0 aromatic rings. The molecule has 2 saturated carbocycles. The van der Waals surface area contributed by atoms with Crippen molar-refractivity contribution in [2.45, 2.75) is 82.0 Å². The van der Waals surface area contributed by atoms with E-state index in [9.17, 15) is 24.3 Å². The summed E-state index contributed by atoms with van der Waals surface area (Å²) >= 11 is 0. The van der Waals surface area contributed by atoms with E-state index in [0.29, 0.717) is 19.4 Å². The predicted octanol–water partition coefficient (Wildman–Crippen LogP) is -0.147. The minimum absolute atomic E-state index is 0.0436. The summed E-state index contributed by atoms with van der Waals surface area (Å²) in [6, 6.07) is -1.90. The molecule has 4 amide bonds. The number of amides is 4. The Hall–Kier alpha value is -2.36. The number of carboxylic acid groups (broad SMARTS) is 1. The van der Waals surface area contributed by atoms with Gasteiger partial charge >= 0.3 is 6.09 Å². The Morgan fingerprint density at radius 2 is 1.70 bits per heavy atom. The lowest BCUT2D eigenvalue weighted by atomic mass is 9.93. The van der Waals surface area contributed by atoms with Crippen molar-refractivity contribution in [2.75, 3.05) is 6.54 Å². The van der Waals surface area contributed by atoms with E-state index >= 15 is 0 Å². The zero-order valence-electron chi connectivity index (χ0n) is 17.1. The van der Waals surface area contributed by atoms with Crippen molar-refractivity contribution in [3.05, 3.63) is 0 Å². The summed E-state index contributed by atoms with van der Waals surface area (Å²) in [5, 5.41) is 30.1. The molecule has 2 aliphatic carbocycles. The second-order valence-electron chi connectivity index (χ2n) is 8.74. The Bertz CT molecular complexity index is 662. The normalized spacial score (nSPS) is 24.6. The Balaban J connectivity index is 1.67. The smallest absolute Gasteiger partial charge is 0.405 e. The van der Waals surface area contributed by atoms with Crippen molar-refractivity contribution < 1.29 is 29.4 Å². The first-order valence-corrected chi connectivity index (χ1v) is 10.9. The number of rotatable bonds is 10. The van der Waals surface area contributed by atoms with Gasteiger partial charge in [0.05, 0.1) is 6.04 Å². The molecule has 10 nitrogen and oxygen atoms in total. The van der Waals surface area contributed by atoms with Crippen LogP contribution in [0.4, 0.5) is 4.79 Å². The van der Waals surface area contributed by atoms with Gasteiger partial charge in [-0.05, 0) is 38.0 Å². The Morgan fingerprint density at radius 3 is 2.27 bits per heavy atom. The first kappa shape index (κ1) is 22.3. The molecule has 6 N–H and O–H groups in total. The van der Waals surface area contributed by atoms with Gasteiger partial charge in [-0.15, -0.1) is 0 Å². The number of carbonyl (C=O) groups is 4. The summed E-state index contributed by atoms with van der Waals surface area (Å²) in [5.74, 6) is -1.49. The minimum atomic E-state index is -1.51. The predicted molar refractivity (Wildman–Crippen MR) is 106 cm³/mol. The lowest BCUT2D eigenvalue weighted by Gasteiger charge is -2.28. The molecule has 3 rings (SSSR count). The third-order valence-electron chi connectivity index (χ3n) is 6.26. The lowest BCUT2D eigenvalue weighted by Crippen LogP contribution is -2.56. The van der Waals surface area contributed by atoms with Crippen molar-refractivity contribution in [3.8, 4) is 0 Å². The number of aliphatic hydroxyl groups is 1. The number of aliphatic hydroxyl groups excluding tert-OH is 1. The fourth-order valence-electron chi connectivity index (χ4n) is 4.38. The second-order valence-corrected chi connectivity index (χ2v) is 8.74. The van der Waals surface area contributed by atoms with Crippen LogP contribution in [0, 0.1) is 11.8 Å². The fraction of sp³-hybridized carbons (Fsp3) is 0.800. The molecule has 0 bridgehead atoms. The number of hydrogen-bond acceptors (Lipinski definition) is 5. The zero-order chi connectivity index (χ0) is 21.7. The summed E-state index contributed by atoms with van der Waals surface area (Å²) in [7, 11) is 0. The van der Waals surface area contributed by atoms with Crippen molar-refractivity contribution in [2.24, 2.45) is 11.8 Å². The molecule has 1 heterocycles. The molecule has 1 saturated heterocycles. The van der Waals surface area contributed by atoms with Crippen LogP contribution in [0.3, 0.4) is 0 Å². The third kappa shape index (κ3) is 6.32.